The van der Waals surface area contributed by atoms with Crippen molar-refractivity contribution in [2.75, 3.05) is 6.54 Å². The van der Waals surface area contributed by atoms with Crippen molar-refractivity contribution in [2.24, 2.45) is 0 Å². The standard InChI is InChI=1S/C17H18BrClIN/c1-2-10-21-16(11-12-6-8-13(20)9-7-12)14-4-3-5-15(18)17(14)19/h3-9,16,21H,2,10-11H2,1H3. The molecule has 0 heterocycles. The van der Waals surface area contributed by atoms with Crippen LogP contribution in [0, 0.1) is 3.57 Å². The molecule has 0 fully saturated rings. The Hall–Kier alpha value is -0.100. The van der Waals surface area contributed by atoms with Gasteiger partial charge in [0.25, 0.3) is 0 Å². The minimum Gasteiger partial charge on any atom is -0.310 e. The SMILES string of the molecule is CCCNC(Cc1ccc(I)cc1)c1cccc(Br)c1Cl. The highest BCUT2D eigenvalue weighted by Crippen LogP contribution is 2.31. The molecule has 21 heavy (non-hydrogen) atoms. The molecule has 0 amide bonds. The van der Waals surface area contributed by atoms with Gasteiger partial charge in [0, 0.05) is 14.1 Å². The number of nitrogens with one attached hydrogen (secondary N) is 1. The van der Waals surface area contributed by atoms with E-state index in [0.29, 0.717) is 0 Å². The van der Waals surface area contributed by atoms with Crippen molar-refractivity contribution in [3.8, 4) is 0 Å². The van der Waals surface area contributed by atoms with Gasteiger partial charge in [-0.25, -0.2) is 0 Å². The lowest BCUT2D eigenvalue weighted by Gasteiger charge is -2.21. The smallest absolute Gasteiger partial charge is 0.0595 e. The fourth-order valence-electron chi connectivity index (χ4n) is 2.26. The first-order chi connectivity index (χ1) is 10.1. The van der Waals surface area contributed by atoms with Crippen LogP contribution in [0.5, 0.6) is 0 Å². The molecule has 0 bridgehead atoms. The van der Waals surface area contributed by atoms with E-state index < -0.39 is 0 Å². The number of rotatable bonds is 6. The van der Waals surface area contributed by atoms with Gasteiger partial charge in [0.05, 0.1) is 5.02 Å². The molecule has 2 aromatic rings. The van der Waals surface area contributed by atoms with Crippen molar-refractivity contribution in [2.45, 2.75) is 25.8 Å². The van der Waals surface area contributed by atoms with E-state index in [-0.39, 0.29) is 6.04 Å². The van der Waals surface area contributed by atoms with E-state index in [2.05, 4.69) is 81.1 Å². The van der Waals surface area contributed by atoms with Crippen LogP contribution in [-0.4, -0.2) is 6.54 Å². The Balaban J connectivity index is 2.25. The first-order valence-corrected chi connectivity index (χ1v) is 9.28. The maximum absolute atomic E-state index is 6.47. The molecule has 0 radical (unpaired) electrons. The van der Waals surface area contributed by atoms with Crippen molar-refractivity contribution in [3.05, 3.63) is 66.7 Å². The quantitative estimate of drug-likeness (QED) is 0.503. The van der Waals surface area contributed by atoms with Crippen LogP contribution < -0.4 is 5.32 Å². The third-order valence-corrected chi connectivity index (χ3v) is 5.38. The molecular weight excluding hydrogens is 460 g/mol. The number of hydrogen-bond acceptors (Lipinski definition) is 1. The molecule has 1 unspecified atom stereocenters. The van der Waals surface area contributed by atoms with E-state index in [4.69, 9.17) is 11.6 Å². The normalized spacial score (nSPS) is 12.4. The van der Waals surface area contributed by atoms with E-state index in [1.165, 1.54) is 9.13 Å². The molecule has 1 atom stereocenters. The summed E-state index contributed by atoms with van der Waals surface area (Å²) in [6.07, 6.45) is 2.04. The summed E-state index contributed by atoms with van der Waals surface area (Å²) in [5.41, 5.74) is 2.47. The van der Waals surface area contributed by atoms with Crippen LogP contribution in [0.3, 0.4) is 0 Å². The summed E-state index contributed by atoms with van der Waals surface area (Å²) in [4.78, 5) is 0. The van der Waals surface area contributed by atoms with Crippen LogP contribution in [-0.2, 0) is 6.42 Å². The Labute approximate surface area is 153 Å². The second kappa shape index (κ2) is 8.51. The van der Waals surface area contributed by atoms with Crippen molar-refractivity contribution in [3.63, 3.8) is 0 Å². The lowest BCUT2D eigenvalue weighted by Crippen LogP contribution is -2.24. The van der Waals surface area contributed by atoms with E-state index in [9.17, 15) is 0 Å². The predicted molar refractivity (Wildman–Crippen MR) is 103 cm³/mol. The Morgan fingerprint density at radius 2 is 1.90 bits per heavy atom. The molecule has 0 saturated heterocycles. The summed E-state index contributed by atoms with van der Waals surface area (Å²) >= 11 is 12.3. The van der Waals surface area contributed by atoms with Crippen molar-refractivity contribution in [1.82, 2.24) is 5.32 Å². The predicted octanol–water partition coefficient (Wildman–Crippen LogP) is 5.99. The Morgan fingerprint density at radius 1 is 1.19 bits per heavy atom. The van der Waals surface area contributed by atoms with Gasteiger partial charge in [0.1, 0.15) is 0 Å². The Morgan fingerprint density at radius 3 is 2.57 bits per heavy atom. The third-order valence-electron chi connectivity index (χ3n) is 3.35. The van der Waals surface area contributed by atoms with Gasteiger partial charge >= 0.3 is 0 Å². The molecular formula is C17H18BrClIN. The van der Waals surface area contributed by atoms with Crippen LogP contribution in [0.4, 0.5) is 0 Å². The monoisotopic (exact) mass is 477 g/mol. The van der Waals surface area contributed by atoms with Crippen LogP contribution in [0.25, 0.3) is 0 Å². The molecule has 0 aliphatic rings. The fourth-order valence-corrected chi connectivity index (χ4v) is 3.26. The molecule has 2 rings (SSSR count). The van der Waals surface area contributed by atoms with Gasteiger partial charge in [0.2, 0.25) is 0 Å². The summed E-state index contributed by atoms with van der Waals surface area (Å²) in [5.74, 6) is 0. The second-order valence-electron chi connectivity index (χ2n) is 4.98. The van der Waals surface area contributed by atoms with E-state index in [1.54, 1.807) is 0 Å². The molecule has 4 heteroatoms. The average molecular weight is 479 g/mol. The van der Waals surface area contributed by atoms with Crippen LogP contribution >= 0.6 is 50.1 Å². The number of halogens is 3. The van der Waals surface area contributed by atoms with Crippen LogP contribution in [0.2, 0.25) is 5.02 Å². The molecule has 0 spiro atoms. The fraction of sp³-hybridized carbons (Fsp3) is 0.294. The van der Waals surface area contributed by atoms with Gasteiger partial charge < -0.3 is 5.32 Å². The van der Waals surface area contributed by atoms with Gasteiger partial charge in [-0.2, -0.15) is 0 Å². The minimum atomic E-state index is 0.231. The summed E-state index contributed by atoms with van der Waals surface area (Å²) in [6, 6.07) is 15.0. The van der Waals surface area contributed by atoms with Gasteiger partial charge in [-0.05, 0) is 87.2 Å². The minimum absolute atomic E-state index is 0.231. The molecule has 1 N–H and O–H groups in total. The first kappa shape index (κ1) is 17.3. The zero-order chi connectivity index (χ0) is 15.2. The highest BCUT2D eigenvalue weighted by atomic mass is 127. The second-order valence-corrected chi connectivity index (χ2v) is 7.46. The molecule has 2 aromatic carbocycles. The topological polar surface area (TPSA) is 12.0 Å². The summed E-state index contributed by atoms with van der Waals surface area (Å²) in [5, 5.41) is 4.41. The number of benzene rings is 2. The Bertz CT molecular complexity index is 586. The van der Waals surface area contributed by atoms with Gasteiger partial charge in [-0.1, -0.05) is 42.8 Å². The highest BCUT2D eigenvalue weighted by molar-refractivity contribution is 14.1. The maximum Gasteiger partial charge on any atom is 0.0595 e. The summed E-state index contributed by atoms with van der Waals surface area (Å²) < 4.78 is 2.21. The largest absolute Gasteiger partial charge is 0.310 e. The lowest BCUT2D eigenvalue weighted by molar-refractivity contribution is 0.529. The molecule has 1 nitrogen and oxygen atoms in total. The van der Waals surface area contributed by atoms with Crippen molar-refractivity contribution in [1.29, 1.82) is 0 Å². The maximum atomic E-state index is 6.47. The average Bonchev–Trinajstić information content (AvgIpc) is 2.48. The van der Waals surface area contributed by atoms with E-state index in [0.717, 1.165) is 34.4 Å². The third kappa shape index (κ3) is 4.95. The molecule has 0 aliphatic carbocycles. The highest BCUT2D eigenvalue weighted by Gasteiger charge is 2.16. The van der Waals surface area contributed by atoms with E-state index in [1.807, 2.05) is 12.1 Å². The van der Waals surface area contributed by atoms with E-state index >= 15 is 0 Å². The van der Waals surface area contributed by atoms with Crippen LogP contribution in [0.15, 0.2) is 46.9 Å². The molecule has 0 aliphatic heterocycles. The van der Waals surface area contributed by atoms with Crippen LogP contribution in [0.1, 0.15) is 30.5 Å². The molecule has 0 aromatic heterocycles. The summed E-state index contributed by atoms with van der Waals surface area (Å²) in [7, 11) is 0. The zero-order valence-corrected chi connectivity index (χ0v) is 16.4. The molecule has 0 saturated carbocycles. The molecule has 112 valence electrons. The first-order valence-electron chi connectivity index (χ1n) is 7.03. The van der Waals surface area contributed by atoms with Gasteiger partial charge in [-0.3, -0.25) is 0 Å². The van der Waals surface area contributed by atoms with Gasteiger partial charge in [-0.15, -0.1) is 0 Å². The van der Waals surface area contributed by atoms with Crippen molar-refractivity contribution >= 4 is 50.1 Å². The Kier molecular flexibility index (Phi) is 6.99. The van der Waals surface area contributed by atoms with Crippen molar-refractivity contribution < 1.29 is 0 Å². The zero-order valence-electron chi connectivity index (χ0n) is 11.9. The number of hydrogen-bond donors (Lipinski definition) is 1. The summed E-state index contributed by atoms with van der Waals surface area (Å²) in [6.45, 7) is 3.16. The van der Waals surface area contributed by atoms with Gasteiger partial charge in [0.15, 0.2) is 0 Å². The lowest BCUT2D eigenvalue weighted by atomic mass is 9.98.